The number of carbonyl (C=O) groups excluding carboxylic acids is 2. The number of likely N-dealkylation sites (tertiary alicyclic amines) is 1. The van der Waals surface area contributed by atoms with Gasteiger partial charge in [-0.3, -0.25) is 14.6 Å². The maximum atomic E-state index is 13.5. The topological polar surface area (TPSA) is 63.0 Å². The summed E-state index contributed by atoms with van der Waals surface area (Å²) in [7, 11) is 1.38. The van der Waals surface area contributed by atoms with Crippen molar-refractivity contribution in [2.24, 2.45) is 0 Å². The van der Waals surface area contributed by atoms with Gasteiger partial charge in [-0.25, -0.2) is 4.79 Å². The molecule has 4 rings (SSSR count). The summed E-state index contributed by atoms with van der Waals surface area (Å²) in [6.07, 6.45) is 2.39. The van der Waals surface area contributed by atoms with Crippen molar-refractivity contribution >= 4 is 17.6 Å². The third kappa shape index (κ3) is 4.25. The molecule has 2 heterocycles. The highest BCUT2D eigenvalue weighted by Crippen LogP contribution is 2.36. The first-order valence-corrected chi connectivity index (χ1v) is 10.4. The van der Waals surface area contributed by atoms with Gasteiger partial charge in [0.25, 0.3) is 5.91 Å². The van der Waals surface area contributed by atoms with E-state index in [2.05, 4.69) is 17.0 Å². The van der Waals surface area contributed by atoms with Crippen molar-refractivity contribution in [3.05, 3.63) is 90.4 Å². The molecule has 6 nitrogen and oxygen atoms in total. The van der Waals surface area contributed by atoms with Crippen LogP contribution in [0.25, 0.3) is 0 Å². The number of ether oxygens (including phenoxy) is 1. The Morgan fingerprint density at radius 1 is 0.968 bits per heavy atom. The zero-order chi connectivity index (χ0) is 21.7. The van der Waals surface area contributed by atoms with Gasteiger partial charge in [0.05, 0.1) is 13.4 Å². The summed E-state index contributed by atoms with van der Waals surface area (Å²) < 4.78 is 10.6. The normalized spacial score (nSPS) is 15.9. The zero-order valence-corrected chi connectivity index (χ0v) is 17.6. The first-order chi connectivity index (χ1) is 15.1. The molecule has 1 saturated heterocycles. The van der Waals surface area contributed by atoms with Crippen LogP contribution in [-0.2, 0) is 16.1 Å². The van der Waals surface area contributed by atoms with Crippen molar-refractivity contribution in [3.63, 3.8) is 0 Å². The molecule has 3 aromatic rings. The van der Waals surface area contributed by atoms with E-state index in [1.54, 1.807) is 17.0 Å². The smallest absolute Gasteiger partial charge is 0.332 e. The highest BCUT2D eigenvalue weighted by atomic mass is 16.5. The van der Waals surface area contributed by atoms with Crippen LogP contribution in [-0.4, -0.2) is 42.5 Å². The Balaban J connectivity index is 1.66. The van der Waals surface area contributed by atoms with Gasteiger partial charge in [-0.1, -0.05) is 48.5 Å². The van der Waals surface area contributed by atoms with E-state index in [1.807, 2.05) is 48.5 Å². The van der Waals surface area contributed by atoms with Gasteiger partial charge in [-0.05, 0) is 42.7 Å². The summed E-state index contributed by atoms with van der Waals surface area (Å²) in [6, 6.07) is 22.8. The number of nitrogens with zero attached hydrogens (tertiary/aromatic N) is 2. The number of methoxy groups -OCH3 is 1. The van der Waals surface area contributed by atoms with Crippen LogP contribution in [0.5, 0.6) is 0 Å². The van der Waals surface area contributed by atoms with Crippen LogP contribution < -0.4 is 4.90 Å². The Hall–Kier alpha value is -3.38. The van der Waals surface area contributed by atoms with Crippen molar-refractivity contribution in [3.8, 4) is 0 Å². The fraction of sp³-hybridized carbons (Fsp3) is 0.280. The van der Waals surface area contributed by atoms with Gasteiger partial charge in [0.2, 0.25) is 0 Å². The summed E-state index contributed by atoms with van der Waals surface area (Å²) >= 11 is 0. The summed E-state index contributed by atoms with van der Waals surface area (Å²) in [4.78, 5) is 30.6. The molecule has 1 aliphatic heterocycles. The number of para-hydroxylation sites is 1. The average molecular weight is 418 g/mol. The molecule has 1 aromatic heterocycles. The lowest BCUT2D eigenvalue weighted by Gasteiger charge is -2.46. The Labute approximate surface area is 182 Å². The minimum atomic E-state index is -1.10. The molecule has 0 saturated carbocycles. The second-order valence-electron chi connectivity index (χ2n) is 7.74. The molecule has 160 valence electrons. The molecule has 0 spiro atoms. The minimum absolute atomic E-state index is 0.193. The number of benzene rings is 2. The standard InChI is InChI=1S/C25H26N2O4/c1-30-24(29)25(14-16-26(17-15-25)19-20-9-4-2-5-10-20)27(21-11-6-3-7-12-21)23(28)22-13-8-18-31-22/h2-13,18H,14-17,19H2,1H3. The summed E-state index contributed by atoms with van der Waals surface area (Å²) in [5.74, 6) is -0.562. The fourth-order valence-electron chi connectivity index (χ4n) is 4.28. The van der Waals surface area contributed by atoms with E-state index in [4.69, 9.17) is 9.15 Å². The lowest BCUT2D eigenvalue weighted by Crippen LogP contribution is -2.62. The van der Waals surface area contributed by atoms with E-state index >= 15 is 0 Å². The zero-order valence-electron chi connectivity index (χ0n) is 17.6. The highest BCUT2D eigenvalue weighted by Gasteiger charge is 2.50. The molecule has 1 aliphatic rings. The molecule has 6 heteroatoms. The van der Waals surface area contributed by atoms with Crippen LogP contribution in [0.3, 0.4) is 0 Å². The van der Waals surface area contributed by atoms with Crippen LogP contribution in [0.1, 0.15) is 29.0 Å². The number of amides is 1. The summed E-state index contributed by atoms with van der Waals surface area (Å²) in [5, 5.41) is 0. The molecule has 2 aromatic carbocycles. The van der Waals surface area contributed by atoms with Crippen molar-refractivity contribution in [2.45, 2.75) is 24.9 Å². The van der Waals surface area contributed by atoms with E-state index < -0.39 is 11.5 Å². The maximum absolute atomic E-state index is 13.5. The summed E-state index contributed by atoms with van der Waals surface area (Å²) in [5.41, 5.74) is 0.762. The van der Waals surface area contributed by atoms with E-state index in [-0.39, 0.29) is 11.7 Å². The maximum Gasteiger partial charge on any atom is 0.332 e. The van der Waals surface area contributed by atoms with Crippen molar-refractivity contribution in [1.82, 2.24) is 4.90 Å². The van der Waals surface area contributed by atoms with Gasteiger partial charge >= 0.3 is 5.97 Å². The number of piperidine rings is 1. The van der Waals surface area contributed by atoms with E-state index in [1.165, 1.54) is 18.9 Å². The summed E-state index contributed by atoms with van der Waals surface area (Å²) in [6.45, 7) is 2.13. The number of esters is 1. The average Bonchev–Trinajstić information content (AvgIpc) is 3.36. The predicted octanol–water partition coefficient (Wildman–Crippen LogP) is 4.13. The Bertz CT molecular complexity index is 995. The first kappa shape index (κ1) is 20.9. The Kier molecular flexibility index (Phi) is 6.18. The molecule has 0 N–H and O–H groups in total. The lowest BCUT2D eigenvalue weighted by atomic mass is 9.84. The van der Waals surface area contributed by atoms with Gasteiger partial charge in [0.15, 0.2) is 5.76 Å². The van der Waals surface area contributed by atoms with Crippen molar-refractivity contribution in [2.75, 3.05) is 25.1 Å². The van der Waals surface area contributed by atoms with Gasteiger partial charge in [0.1, 0.15) is 5.54 Å². The van der Waals surface area contributed by atoms with E-state index in [0.717, 1.165) is 6.54 Å². The second kappa shape index (κ2) is 9.18. The Morgan fingerprint density at radius 2 is 1.61 bits per heavy atom. The number of anilines is 1. The molecule has 0 unspecified atom stereocenters. The molecule has 0 atom stereocenters. The molecule has 0 aliphatic carbocycles. The van der Waals surface area contributed by atoms with E-state index in [0.29, 0.717) is 31.6 Å². The number of hydrogen-bond acceptors (Lipinski definition) is 5. The highest BCUT2D eigenvalue weighted by molar-refractivity contribution is 6.09. The van der Waals surface area contributed by atoms with Crippen LogP contribution in [0.2, 0.25) is 0 Å². The fourth-order valence-corrected chi connectivity index (χ4v) is 4.28. The lowest BCUT2D eigenvalue weighted by molar-refractivity contribution is -0.149. The SMILES string of the molecule is COC(=O)C1(N(C(=O)c2ccco2)c2ccccc2)CCN(Cc2ccccc2)CC1. The Morgan fingerprint density at radius 3 is 2.19 bits per heavy atom. The van der Waals surface area contributed by atoms with Crippen LogP contribution in [0.15, 0.2) is 83.5 Å². The first-order valence-electron chi connectivity index (χ1n) is 10.4. The van der Waals surface area contributed by atoms with Gasteiger partial charge in [-0.2, -0.15) is 0 Å². The minimum Gasteiger partial charge on any atom is -0.467 e. The molecule has 31 heavy (non-hydrogen) atoms. The van der Waals surface area contributed by atoms with Gasteiger partial charge < -0.3 is 9.15 Å². The van der Waals surface area contributed by atoms with Gasteiger partial charge in [0, 0.05) is 25.3 Å². The second-order valence-corrected chi connectivity index (χ2v) is 7.74. The molecular weight excluding hydrogens is 392 g/mol. The molecule has 1 amide bonds. The van der Waals surface area contributed by atoms with Gasteiger partial charge in [-0.15, -0.1) is 0 Å². The number of hydrogen-bond donors (Lipinski definition) is 0. The van der Waals surface area contributed by atoms with E-state index in [9.17, 15) is 9.59 Å². The van der Waals surface area contributed by atoms with Crippen molar-refractivity contribution < 1.29 is 18.7 Å². The largest absolute Gasteiger partial charge is 0.467 e. The number of rotatable bonds is 6. The molecule has 0 radical (unpaired) electrons. The number of carbonyl (C=O) groups is 2. The quantitative estimate of drug-likeness (QED) is 0.563. The van der Waals surface area contributed by atoms with Crippen molar-refractivity contribution in [1.29, 1.82) is 0 Å². The number of furan rings is 1. The predicted molar refractivity (Wildman–Crippen MR) is 118 cm³/mol. The van der Waals surface area contributed by atoms with Crippen LogP contribution in [0, 0.1) is 0 Å². The monoisotopic (exact) mass is 418 g/mol. The van der Waals surface area contributed by atoms with Crippen LogP contribution in [0.4, 0.5) is 5.69 Å². The third-order valence-electron chi connectivity index (χ3n) is 5.88. The van der Waals surface area contributed by atoms with Crippen LogP contribution >= 0.6 is 0 Å². The molecule has 0 bridgehead atoms. The third-order valence-corrected chi connectivity index (χ3v) is 5.88. The molecule has 1 fully saturated rings. The molecular formula is C25H26N2O4.